The third-order valence-electron chi connectivity index (χ3n) is 0. The Hall–Kier alpha value is -2.46. The Morgan fingerprint density at radius 2 is 0.364 bits per heavy atom. The van der Waals surface area contributed by atoms with E-state index >= 15 is 0 Å². The maximum atomic E-state index is 8.25. The molecule has 0 aliphatic carbocycles. The summed E-state index contributed by atoms with van der Waals surface area (Å²) in [5.74, 6) is 0. The summed E-state index contributed by atoms with van der Waals surface area (Å²) in [5.41, 5.74) is 0. The van der Waals surface area contributed by atoms with Crippen molar-refractivity contribution in [2.75, 3.05) is 0 Å². The molecule has 22 heavy (non-hydrogen) atoms. The van der Waals surface area contributed by atoms with Crippen LogP contribution in [0.4, 0.5) is 0 Å². The predicted octanol–water partition coefficient (Wildman–Crippen LogP) is -2.27. The van der Waals surface area contributed by atoms with Crippen molar-refractivity contribution in [1.82, 2.24) is 0 Å². The van der Waals surface area contributed by atoms with E-state index in [2.05, 4.69) is 0 Å². The van der Waals surface area contributed by atoms with Gasteiger partial charge in [-0.05, 0) is 0 Å². The zero-order valence-electron chi connectivity index (χ0n) is 9.64. The molecule has 0 radical (unpaired) electrons. The van der Waals surface area contributed by atoms with Crippen LogP contribution in [-0.4, -0.2) is 25.4 Å². The van der Waals surface area contributed by atoms with E-state index in [1.807, 2.05) is 0 Å². The van der Waals surface area contributed by atoms with Crippen molar-refractivity contribution < 1.29 is 61.0 Å². The van der Waals surface area contributed by atoms with Crippen LogP contribution in [-0.2, 0) is 13.5 Å². The third kappa shape index (κ3) is 797. The van der Waals surface area contributed by atoms with Crippen LogP contribution in [0.1, 0.15) is 0 Å². The Bertz CT molecular complexity index is 213. The topological polar surface area (TPSA) is 331 Å². The Balaban J connectivity index is -0.0000000250. The molecular weight excluding hydrogens is 481 g/mol. The summed E-state index contributed by atoms with van der Waals surface area (Å²) in [6, 6.07) is 0. The maximum absolute atomic E-state index is 8.25. The molecule has 0 atom stereocenters. The molecule has 0 spiro atoms. The molecule has 0 saturated heterocycles. The minimum Gasteiger partial charge on any atom is -0.356 e. The van der Waals surface area contributed by atoms with Crippen LogP contribution in [0, 0.1) is 112 Å². The molecule has 0 aliphatic rings. The fourth-order valence-corrected chi connectivity index (χ4v) is 0. The van der Waals surface area contributed by atoms with E-state index in [9.17, 15) is 0 Å². The van der Waals surface area contributed by atoms with Crippen molar-refractivity contribution in [1.29, 1.82) is 0 Å². The van der Waals surface area contributed by atoms with Crippen molar-refractivity contribution in [3.05, 3.63) is 76.6 Å². The monoisotopic (exact) mass is 485 g/mol. The van der Waals surface area contributed by atoms with Gasteiger partial charge in [0, 0.05) is 0 Å². The number of rotatable bonds is 0. The van der Waals surface area contributed by atoms with Gasteiger partial charge in [-0.25, -0.2) is 13.5 Å². The van der Waals surface area contributed by atoms with E-state index in [1.54, 1.807) is 0 Å². The summed E-state index contributed by atoms with van der Waals surface area (Å²) in [6.07, 6.45) is 0. The second-order valence-corrected chi connectivity index (χ2v) is 1.12. The number of hydrogen-bond acceptors (Lipinski definition) is 15. The summed E-state index contributed by atoms with van der Waals surface area (Å²) in [7, 11) is 0. The van der Waals surface area contributed by atoms with Crippen LogP contribution in [0.5, 0.6) is 0 Å². The Kier molecular flexibility index (Phi) is 70.4. The first-order valence-corrected chi connectivity index (χ1v) is 2.74. The molecule has 0 aromatic heterocycles. The molecule has 0 aromatic rings. The Morgan fingerprint density at radius 1 is 0.364 bits per heavy atom. The van der Waals surface area contributed by atoms with E-state index in [4.69, 9.17) is 76.6 Å². The van der Waals surface area contributed by atoms with Crippen molar-refractivity contribution >= 4 is 13.5 Å². The van der Waals surface area contributed by atoms with Gasteiger partial charge in [0.05, 0.1) is 25.4 Å². The second-order valence-electron chi connectivity index (χ2n) is 1.12. The van der Waals surface area contributed by atoms with Gasteiger partial charge in [0.25, 0.3) is 0 Å². The maximum Gasteiger partial charge on any atom is 3.00 e. The molecule has 0 aromatic carbocycles. The van der Waals surface area contributed by atoms with Crippen LogP contribution in [0.25, 0.3) is 0 Å². The molecule has 0 amide bonds. The van der Waals surface area contributed by atoms with Crippen LogP contribution in [0.3, 0.4) is 0 Å². The Labute approximate surface area is 151 Å². The van der Waals surface area contributed by atoms with E-state index in [0.29, 0.717) is 0 Å². The predicted molar refractivity (Wildman–Crippen MR) is 64.8 cm³/mol. The molecule has 0 N–H and O–H groups in total. The van der Waals surface area contributed by atoms with Crippen molar-refractivity contribution in [3.8, 4) is 0 Å². The molecule has 128 valence electrons. The first-order valence-electron chi connectivity index (χ1n) is 2.74. The molecule has 20 nitrogen and oxygen atoms in total. The molecule has 0 saturated carbocycles. The van der Waals surface area contributed by atoms with Gasteiger partial charge in [-0.15, -0.1) is 0 Å². The van der Waals surface area contributed by atoms with Crippen LogP contribution in [0.2, 0.25) is 0 Å². The van der Waals surface area contributed by atoms with E-state index in [0.717, 1.165) is 0 Å². The number of nitrogens with zero attached hydrogens (tertiary/aromatic N) is 5. The normalized spacial score (nSPS) is 5.45. The quantitative estimate of drug-likeness (QED) is 0.258. The average Bonchev–Trinajstić information content (AvgIpc) is 1.94. The fraction of sp³-hybridized carbons (Fsp3) is 0. The minimum absolute atomic E-state index is 0. The summed E-state index contributed by atoms with van der Waals surface area (Å²) in [4.78, 5) is 41.2. The summed E-state index contributed by atoms with van der Waals surface area (Å²) in [5, 5.41) is 73.8. The molecule has 0 fully saturated rings. The molecule has 0 heterocycles. The number of hydrogen-bond donors (Lipinski definition) is 0. The van der Waals surface area contributed by atoms with Crippen LogP contribution >= 0.6 is 0 Å². The van der Waals surface area contributed by atoms with E-state index < -0.39 is 25.4 Å². The zero-order chi connectivity index (χ0) is 17.9. The van der Waals surface area contributed by atoms with Gasteiger partial charge in [-0.1, -0.05) is 0 Å². The van der Waals surface area contributed by atoms with Crippen LogP contribution in [0.15, 0.2) is 0 Å². The Morgan fingerprint density at radius 3 is 0.364 bits per heavy atom. The zero-order valence-corrected chi connectivity index (χ0v) is 14.7. The second kappa shape index (κ2) is 36.3. The van der Waals surface area contributed by atoms with E-state index in [1.165, 1.54) is 0 Å². The third-order valence-corrected chi connectivity index (χ3v) is 0. The summed E-state index contributed by atoms with van der Waals surface area (Å²) >= 11 is 0. The van der Waals surface area contributed by atoms with Gasteiger partial charge in [-0.2, -0.15) is 0 Å². The van der Waals surface area contributed by atoms with Crippen molar-refractivity contribution in [2.24, 2.45) is 0 Å². The summed E-state index contributed by atoms with van der Waals surface area (Å²) in [6.45, 7) is 0. The van der Waals surface area contributed by atoms with Gasteiger partial charge in [0.15, 0.2) is 0 Å². The largest absolute Gasteiger partial charge is 3.00 e. The average molecular weight is 485 g/mol. The van der Waals surface area contributed by atoms with Gasteiger partial charge in [0.2, 0.25) is 0 Å². The standard InChI is InChI=1S/La.5NO3.H4S/c;5*2-1(3)4;/h;;;;;;1H4/q+3;5*-1;+2. The smallest absolute Gasteiger partial charge is 0.356 e. The molecule has 0 aliphatic heterocycles. The van der Waals surface area contributed by atoms with Gasteiger partial charge in [0.1, 0.15) is 0 Å². The van der Waals surface area contributed by atoms with E-state index in [-0.39, 0.29) is 49.1 Å². The molecule has 0 rings (SSSR count). The molecule has 22 heteroatoms. The first kappa shape index (κ1) is 42.7. The van der Waals surface area contributed by atoms with Crippen LogP contribution < -0.4 is 0 Å². The molecular formula is H4LaN5O15S. The van der Waals surface area contributed by atoms with Crippen molar-refractivity contribution in [2.45, 2.75) is 0 Å². The first-order chi connectivity index (χ1) is 8.66. The van der Waals surface area contributed by atoms with Gasteiger partial charge >= 0.3 is 35.6 Å². The minimum atomic E-state index is -1.75. The fourth-order valence-electron chi connectivity index (χ4n) is 0. The SMILES string of the molecule is O=[N+]([O-])[O-].O=[N+]([O-])[O-].O=[N+]([O-])[O-].O=[N+]([O-])[O-].O=[N+]([O-])[O-].[La+3].[SH4+2]. The van der Waals surface area contributed by atoms with Crippen molar-refractivity contribution in [3.63, 3.8) is 0 Å². The molecule has 0 bridgehead atoms. The summed E-state index contributed by atoms with van der Waals surface area (Å²) < 4.78 is 0. The molecule has 0 unspecified atom stereocenters. The van der Waals surface area contributed by atoms with Gasteiger partial charge < -0.3 is 76.6 Å². The van der Waals surface area contributed by atoms with Gasteiger partial charge in [-0.3, -0.25) is 0 Å².